The highest BCUT2D eigenvalue weighted by molar-refractivity contribution is 6.74. The third-order valence-corrected chi connectivity index (χ3v) is 14.0. The van der Waals surface area contributed by atoms with Crippen LogP contribution in [0.25, 0.3) is 16.7 Å². The third-order valence-electron chi connectivity index (χ3n) is 9.21. The van der Waals surface area contributed by atoms with Crippen LogP contribution in [0.1, 0.15) is 85.9 Å². The lowest BCUT2D eigenvalue weighted by Crippen LogP contribution is -2.55. The van der Waals surface area contributed by atoms with Crippen molar-refractivity contribution in [3.05, 3.63) is 51.0 Å². The third kappa shape index (κ3) is 8.54. The van der Waals surface area contributed by atoms with E-state index in [0.29, 0.717) is 56.0 Å². The standard InChI is InChI=1S/C35H52ClFN6O4Si/c1-11-14-27-28(24(16-17-38-27)15-12-13-20-46-48(9,10)35(6,7)8)43-31-25(21-26(37)29(36)39-31)30(40-32(43)44)42-19-18-41(22-23(42)2)33(45)47-34(3,4)5/h16-17,21,23H,11-15,18-20,22H2,1-10H3/t23-/m0/s1. The number of fused-ring (bicyclic) bond motifs is 1. The summed E-state index contributed by atoms with van der Waals surface area (Å²) in [5, 5.41) is 0.161. The predicted octanol–water partition coefficient (Wildman–Crippen LogP) is 7.71. The minimum atomic E-state index is -1.85. The van der Waals surface area contributed by atoms with E-state index in [9.17, 15) is 9.59 Å². The van der Waals surface area contributed by atoms with Gasteiger partial charge in [-0.2, -0.15) is 4.98 Å². The number of ether oxygens (including phenoxy) is 1. The Kier molecular flexibility index (Phi) is 11.6. The van der Waals surface area contributed by atoms with Crippen molar-refractivity contribution in [1.29, 1.82) is 0 Å². The molecule has 0 radical (unpaired) electrons. The molecule has 0 aromatic carbocycles. The lowest BCUT2D eigenvalue weighted by molar-refractivity contribution is 0.0218. The van der Waals surface area contributed by atoms with Gasteiger partial charge in [0.05, 0.1) is 16.8 Å². The van der Waals surface area contributed by atoms with Crippen molar-refractivity contribution in [1.82, 2.24) is 24.4 Å². The van der Waals surface area contributed by atoms with Gasteiger partial charge in [-0.3, -0.25) is 4.98 Å². The molecule has 0 spiro atoms. The molecule has 3 aromatic heterocycles. The maximum atomic E-state index is 15.1. The first-order valence-corrected chi connectivity index (χ1v) is 20.3. The molecular weight excluding hydrogens is 651 g/mol. The lowest BCUT2D eigenvalue weighted by Gasteiger charge is -2.41. The molecule has 264 valence electrons. The Morgan fingerprint density at radius 3 is 2.44 bits per heavy atom. The van der Waals surface area contributed by atoms with Crippen molar-refractivity contribution in [3.63, 3.8) is 0 Å². The average Bonchev–Trinajstić information content (AvgIpc) is 2.97. The highest BCUT2D eigenvalue weighted by Crippen LogP contribution is 2.37. The van der Waals surface area contributed by atoms with E-state index in [1.165, 1.54) is 10.6 Å². The van der Waals surface area contributed by atoms with Gasteiger partial charge in [-0.1, -0.05) is 45.7 Å². The predicted molar refractivity (Wildman–Crippen MR) is 193 cm³/mol. The van der Waals surface area contributed by atoms with Crippen LogP contribution in [0.3, 0.4) is 0 Å². The molecule has 4 heterocycles. The zero-order valence-corrected chi connectivity index (χ0v) is 32.0. The fraction of sp³-hybridized carbons (Fsp3) is 0.629. The molecule has 1 aliphatic rings. The number of amides is 1. The van der Waals surface area contributed by atoms with Crippen molar-refractivity contribution in [3.8, 4) is 5.69 Å². The number of unbranched alkanes of at least 4 members (excludes halogenated alkanes) is 1. The SMILES string of the molecule is CCCc1nccc(CCCCO[Si](C)(C)C(C)(C)C)c1-n1c(=O)nc(N2CCN(C(=O)OC(C)(C)C)C[C@@H]2C)c2cc(F)c(Cl)nc21. The first-order chi connectivity index (χ1) is 22.3. The van der Waals surface area contributed by atoms with E-state index >= 15 is 4.39 Å². The molecule has 0 aliphatic carbocycles. The number of pyridine rings is 2. The maximum absolute atomic E-state index is 15.1. The van der Waals surface area contributed by atoms with Gasteiger partial charge in [0.15, 0.2) is 24.9 Å². The average molecular weight is 703 g/mol. The number of rotatable bonds is 10. The molecule has 1 amide bonds. The van der Waals surface area contributed by atoms with Gasteiger partial charge in [-0.15, -0.1) is 0 Å². The zero-order valence-electron chi connectivity index (χ0n) is 30.2. The molecule has 13 heteroatoms. The van der Waals surface area contributed by atoms with Gasteiger partial charge in [-0.05, 0) is 89.2 Å². The van der Waals surface area contributed by atoms with Crippen LogP contribution in [0.5, 0.6) is 0 Å². The monoisotopic (exact) mass is 702 g/mol. The van der Waals surface area contributed by atoms with Crippen LogP contribution in [0.15, 0.2) is 23.1 Å². The Balaban J connectivity index is 1.73. The van der Waals surface area contributed by atoms with Gasteiger partial charge < -0.3 is 19.0 Å². The molecule has 4 rings (SSSR count). The van der Waals surface area contributed by atoms with Gasteiger partial charge in [-0.25, -0.2) is 23.5 Å². The van der Waals surface area contributed by atoms with Crippen LogP contribution in [0.2, 0.25) is 23.3 Å². The first kappa shape index (κ1) is 37.7. The molecule has 0 saturated carbocycles. The van der Waals surface area contributed by atoms with Crippen molar-refractivity contribution in [2.45, 2.75) is 117 Å². The summed E-state index contributed by atoms with van der Waals surface area (Å²) in [6, 6.07) is 2.98. The fourth-order valence-corrected chi connectivity index (χ4v) is 6.89. The second kappa shape index (κ2) is 14.8. The number of aromatic nitrogens is 4. The lowest BCUT2D eigenvalue weighted by atomic mass is 10.0. The van der Waals surface area contributed by atoms with E-state index in [-0.39, 0.29) is 21.9 Å². The Labute approximate surface area is 290 Å². The molecule has 1 atom stereocenters. The van der Waals surface area contributed by atoms with Gasteiger partial charge in [0.2, 0.25) is 0 Å². The first-order valence-electron chi connectivity index (χ1n) is 17.0. The number of aryl methyl sites for hydroxylation is 2. The highest BCUT2D eigenvalue weighted by atomic mass is 35.5. The highest BCUT2D eigenvalue weighted by Gasteiger charge is 2.37. The van der Waals surface area contributed by atoms with E-state index in [1.807, 2.05) is 38.7 Å². The van der Waals surface area contributed by atoms with E-state index in [4.69, 9.17) is 20.8 Å². The van der Waals surface area contributed by atoms with E-state index in [1.54, 1.807) is 11.1 Å². The van der Waals surface area contributed by atoms with Crippen LogP contribution in [0.4, 0.5) is 15.0 Å². The van der Waals surface area contributed by atoms with Crippen LogP contribution in [0, 0.1) is 5.82 Å². The number of carbonyl (C=O) groups is 1. The van der Waals surface area contributed by atoms with Crippen molar-refractivity contribution in [2.75, 3.05) is 31.1 Å². The normalized spacial score (nSPS) is 16.1. The number of hydrogen-bond donors (Lipinski definition) is 0. The van der Waals surface area contributed by atoms with Crippen LogP contribution >= 0.6 is 11.6 Å². The molecule has 0 bridgehead atoms. The summed E-state index contributed by atoms with van der Waals surface area (Å²) >= 11 is 6.28. The molecule has 48 heavy (non-hydrogen) atoms. The van der Waals surface area contributed by atoms with Crippen LogP contribution in [-0.4, -0.2) is 76.7 Å². The largest absolute Gasteiger partial charge is 0.444 e. The summed E-state index contributed by atoms with van der Waals surface area (Å²) < 4.78 is 28.5. The molecule has 3 aromatic rings. The van der Waals surface area contributed by atoms with Gasteiger partial charge in [0.1, 0.15) is 11.4 Å². The topological polar surface area (TPSA) is 103 Å². The van der Waals surface area contributed by atoms with Gasteiger partial charge >= 0.3 is 11.8 Å². The van der Waals surface area contributed by atoms with Crippen LogP contribution < -0.4 is 10.6 Å². The number of anilines is 1. The van der Waals surface area contributed by atoms with Crippen molar-refractivity contribution < 1.29 is 18.3 Å². The second-order valence-electron chi connectivity index (χ2n) is 15.2. The summed E-state index contributed by atoms with van der Waals surface area (Å²) in [7, 11) is -1.85. The second-order valence-corrected chi connectivity index (χ2v) is 20.4. The number of nitrogens with zero attached hydrogens (tertiary/aromatic N) is 6. The fourth-order valence-electron chi connectivity index (χ4n) is 5.67. The van der Waals surface area contributed by atoms with E-state index < -0.39 is 31.5 Å². The summed E-state index contributed by atoms with van der Waals surface area (Å²) in [5.74, 6) is -0.407. The molecular formula is C35H52ClFN6O4Si. The molecule has 1 fully saturated rings. The summed E-state index contributed by atoms with van der Waals surface area (Å²) in [4.78, 5) is 44.2. The van der Waals surface area contributed by atoms with Crippen LogP contribution in [-0.2, 0) is 22.0 Å². The van der Waals surface area contributed by atoms with Crippen molar-refractivity contribution in [2.24, 2.45) is 0 Å². The quantitative estimate of drug-likeness (QED) is 0.120. The maximum Gasteiger partial charge on any atom is 0.410 e. The number of hydrogen-bond acceptors (Lipinski definition) is 8. The Morgan fingerprint density at radius 1 is 1.10 bits per heavy atom. The Hall–Kier alpha value is -3.09. The van der Waals surface area contributed by atoms with E-state index in [0.717, 1.165) is 30.5 Å². The number of carbonyl (C=O) groups excluding carboxylic acids is 1. The van der Waals surface area contributed by atoms with Crippen molar-refractivity contribution >= 4 is 42.9 Å². The minimum absolute atomic E-state index is 0.138. The van der Waals surface area contributed by atoms with Gasteiger partial charge in [0.25, 0.3) is 0 Å². The zero-order chi connectivity index (χ0) is 35.6. The molecule has 10 nitrogen and oxygen atoms in total. The minimum Gasteiger partial charge on any atom is -0.444 e. The molecule has 0 unspecified atom stereocenters. The smallest absolute Gasteiger partial charge is 0.410 e. The molecule has 0 N–H and O–H groups in total. The Bertz CT molecular complexity index is 1690. The summed E-state index contributed by atoms with van der Waals surface area (Å²) in [6.45, 7) is 22.4. The number of piperazine rings is 1. The Morgan fingerprint density at radius 2 is 1.81 bits per heavy atom. The summed E-state index contributed by atoms with van der Waals surface area (Å²) in [6.07, 6.45) is 5.21. The molecule has 1 aliphatic heterocycles. The molecule has 1 saturated heterocycles. The van der Waals surface area contributed by atoms with Gasteiger partial charge in [0, 0.05) is 38.5 Å². The summed E-state index contributed by atoms with van der Waals surface area (Å²) in [5.41, 5.74) is 1.33. The number of halogens is 2. The van der Waals surface area contributed by atoms with E-state index in [2.05, 4.69) is 55.7 Å².